The van der Waals surface area contributed by atoms with Crippen LogP contribution in [0.1, 0.15) is 46.5 Å². The first kappa shape index (κ1) is 11.9. The van der Waals surface area contributed by atoms with Crippen LogP contribution < -0.4 is 0 Å². The Kier molecular flexibility index (Phi) is 3.00. The van der Waals surface area contributed by atoms with Crippen LogP contribution in [0.3, 0.4) is 0 Å². The molecule has 0 spiro atoms. The molecule has 0 aromatic heterocycles. The summed E-state index contributed by atoms with van der Waals surface area (Å²) < 4.78 is 0. The molecule has 1 N–H and O–H groups in total. The summed E-state index contributed by atoms with van der Waals surface area (Å²) in [4.78, 5) is 0. The van der Waals surface area contributed by atoms with Crippen molar-refractivity contribution in [2.24, 2.45) is 17.8 Å². The van der Waals surface area contributed by atoms with Gasteiger partial charge in [-0.25, -0.2) is 0 Å². The smallest absolute Gasteiger partial charge is 0.0688 e. The number of aliphatic hydroxyl groups is 1. The lowest BCUT2D eigenvalue weighted by molar-refractivity contribution is 0.0330. The molecule has 3 atom stereocenters. The lowest BCUT2D eigenvalue weighted by Crippen LogP contribution is -2.30. The highest BCUT2D eigenvalue weighted by Gasteiger charge is 2.44. The van der Waals surface area contributed by atoms with Crippen LogP contribution in [-0.2, 0) is 0 Å². The molecule has 0 heterocycles. The monoisotopic (exact) mass is 220 g/mol. The third kappa shape index (κ3) is 1.98. The Labute approximate surface area is 99.3 Å². The number of hydrogen-bond acceptors (Lipinski definition) is 1. The van der Waals surface area contributed by atoms with Crippen LogP contribution in [0.25, 0.3) is 0 Å². The van der Waals surface area contributed by atoms with Crippen molar-refractivity contribution < 1.29 is 5.11 Å². The Hall–Kier alpha value is -0.560. The number of allylic oxidation sites excluding steroid dienone is 2. The van der Waals surface area contributed by atoms with Gasteiger partial charge >= 0.3 is 0 Å². The minimum atomic E-state index is -0.516. The molecule has 3 unspecified atom stereocenters. The van der Waals surface area contributed by atoms with Gasteiger partial charge in [-0.3, -0.25) is 0 Å². The number of fused-ring (bicyclic) bond motifs is 1. The van der Waals surface area contributed by atoms with Crippen LogP contribution in [0.2, 0.25) is 0 Å². The standard InChI is InChI=1S/C15H24O/c1-10(2)12-6-5-11(3)13-7-8-15(4,16)14(13)9-12/h9-10,13-14,16H,3,5-8H2,1-2,4H3. The van der Waals surface area contributed by atoms with Crippen LogP contribution >= 0.6 is 0 Å². The summed E-state index contributed by atoms with van der Waals surface area (Å²) in [5.74, 6) is 1.43. The van der Waals surface area contributed by atoms with Gasteiger partial charge in [0.25, 0.3) is 0 Å². The molecule has 1 fully saturated rings. The maximum atomic E-state index is 10.4. The summed E-state index contributed by atoms with van der Waals surface area (Å²) in [6.07, 6.45) is 6.64. The predicted molar refractivity (Wildman–Crippen MR) is 68.1 cm³/mol. The zero-order valence-corrected chi connectivity index (χ0v) is 10.8. The van der Waals surface area contributed by atoms with E-state index in [-0.39, 0.29) is 0 Å². The van der Waals surface area contributed by atoms with Crippen molar-refractivity contribution in [1.29, 1.82) is 0 Å². The normalized spacial score (nSPS) is 39.6. The second-order valence-electron chi connectivity index (χ2n) is 6.08. The van der Waals surface area contributed by atoms with E-state index in [1.165, 1.54) is 11.1 Å². The summed E-state index contributed by atoms with van der Waals surface area (Å²) in [6.45, 7) is 10.7. The van der Waals surface area contributed by atoms with Gasteiger partial charge in [0.1, 0.15) is 0 Å². The predicted octanol–water partition coefficient (Wildman–Crippen LogP) is 3.70. The highest BCUT2D eigenvalue weighted by Crippen LogP contribution is 2.48. The molecular weight excluding hydrogens is 196 g/mol. The molecule has 0 saturated heterocycles. The van der Waals surface area contributed by atoms with E-state index in [4.69, 9.17) is 0 Å². The van der Waals surface area contributed by atoms with E-state index in [0.717, 1.165) is 25.7 Å². The van der Waals surface area contributed by atoms with E-state index >= 15 is 0 Å². The fourth-order valence-electron chi connectivity index (χ4n) is 3.27. The van der Waals surface area contributed by atoms with E-state index in [1.54, 1.807) is 0 Å². The van der Waals surface area contributed by atoms with Crippen molar-refractivity contribution >= 4 is 0 Å². The van der Waals surface area contributed by atoms with Crippen LogP contribution in [-0.4, -0.2) is 10.7 Å². The fraction of sp³-hybridized carbons (Fsp3) is 0.733. The molecule has 1 nitrogen and oxygen atoms in total. The maximum Gasteiger partial charge on any atom is 0.0688 e. The molecular formula is C15H24O. The van der Waals surface area contributed by atoms with Gasteiger partial charge in [0.2, 0.25) is 0 Å². The van der Waals surface area contributed by atoms with Crippen molar-refractivity contribution in [2.45, 2.75) is 52.1 Å². The average Bonchev–Trinajstić information content (AvgIpc) is 2.38. The van der Waals surface area contributed by atoms with Crippen molar-refractivity contribution in [2.75, 3.05) is 0 Å². The van der Waals surface area contributed by atoms with Gasteiger partial charge in [-0.05, 0) is 44.4 Å². The van der Waals surface area contributed by atoms with Crippen molar-refractivity contribution in [3.8, 4) is 0 Å². The second-order valence-corrected chi connectivity index (χ2v) is 6.08. The average molecular weight is 220 g/mol. The fourth-order valence-corrected chi connectivity index (χ4v) is 3.27. The molecule has 0 amide bonds. The summed E-state index contributed by atoms with van der Waals surface area (Å²) in [7, 11) is 0. The molecule has 2 aliphatic rings. The van der Waals surface area contributed by atoms with E-state index in [1.807, 2.05) is 6.92 Å². The Morgan fingerprint density at radius 3 is 2.75 bits per heavy atom. The zero-order chi connectivity index (χ0) is 11.9. The number of rotatable bonds is 1. The summed E-state index contributed by atoms with van der Waals surface area (Å²) in [6, 6.07) is 0. The first-order valence-electron chi connectivity index (χ1n) is 6.52. The van der Waals surface area contributed by atoms with Gasteiger partial charge in [-0.15, -0.1) is 0 Å². The Bertz CT molecular complexity index is 322. The van der Waals surface area contributed by atoms with Gasteiger partial charge < -0.3 is 5.11 Å². The van der Waals surface area contributed by atoms with E-state index in [2.05, 4.69) is 26.5 Å². The van der Waals surface area contributed by atoms with Gasteiger partial charge in [0.05, 0.1) is 5.60 Å². The van der Waals surface area contributed by atoms with Gasteiger partial charge in [-0.1, -0.05) is 37.6 Å². The molecule has 0 aromatic carbocycles. The maximum absolute atomic E-state index is 10.4. The van der Waals surface area contributed by atoms with Gasteiger partial charge in [0.15, 0.2) is 0 Å². The van der Waals surface area contributed by atoms with Gasteiger partial charge in [0, 0.05) is 5.92 Å². The zero-order valence-electron chi connectivity index (χ0n) is 10.8. The highest BCUT2D eigenvalue weighted by atomic mass is 16.3. The first-order valence-corrected chi connectivity index (χ1v) is 6.52. The minimum absolute atomic E-state index is 0.305. The topological polar surface area (TPSA) is 20.2 Å². The van der Waals surface area contributed by atoms with Crippen LogP contribution in [0.4, 0.5) is 0 Å². The summed E-state index contributed by atoms with van der Waals surface area (Å²) >= 11 is 0. The third-order valence-electron chi connectivity index (χ3n) is 4.51. The van der Waals surface area contributed by atoms with E-state index in [9.17, 15) is 5.11 Å². The lowest BCUT2D eigenvalue weighted by atomic mass is 9.83. The van der Waals surface area contributed by atoms with E-state index in [0.29, 0.717) is 17.8 Å². The Morgan fingerprint density at radius 2 is 2.12 bits per heavy atom. The quantitative estimate of drug-likeness (QED) is 0.668. The third-order valence-corrected chi connectivity index (χ3v) is 4.51. The lowest BCUT2D eigenvalue weighted by Gasteiger charge is -2.27. The van der Waals surface area contributed by atoms with Crippen LogP contribution in [0.5, 0.6) is 0 Å². The first-order chi connectivity index (χ1) is 7.42. The second kappa shape index (κ2) is 4.03. The SMILES string of the molecule is C=C1CCC(C(C)C)=CC2C1CCC2(C)O. The Balaban J connectivity index is 2.33. The summed E-state index contributed by atoms with van der Waals surface area (Å²) in [5, 5.41) is 10.4. The Morgan fingerprint density at radius 1 is 1.44 bits per heavy atom. The van der Waals surface area contributed by atoms with Crippen molar-refractivity contribution in [3.63, 3.8) is 0 Å². The van der Waals surface area contributed by atoms with Crippen LogP contribution in [0, 0.1) is 17.8 Å². The van der Waals surface area contributed by atoms with Crippen LogP contribution in [0.15, 0.2) is 23.8 Å². The van der Waals surface area contributed by atoms with Crippen molar-refractivity contribution in [1.82, 2.24) is 0 Å². The van der Waals surface area contributed by atoms with E-state index < -0.39 is 5.60 Å². The molecule has 0 aromatic rings. The molecule has 0 radical (unpaired) electrons. The van der Waals surface area contributed by atoms with Crippen molar-refractivity contribution in [3.05, 3.63) is 23.8 Å². The molecule has 1 saturated carbocycles. The summed E-state index contributed by atoms with van der Waals surface area (Å²) in [5.41, 5.74) is 2.35. The number of hydrogen-bond donors (Lipinski definition) is 1. The molecule has 90 valence electrons. The van der Waals surface area contributed by atoms with Gasteiger partial charge in [-0.2, -0.15) is 0 Å². The highest BCUT2D eigenvalue weighted by molar-refractivity contribution is 5.24. The molecule has 16 heavy (non-hydrogen) atoms. The molecule has 1 heteroatoms. The molecule has 0 aliphatic heterocycles. The largest absolute Gasteiger partial charge is 0.390 e. The molecule has 2 rings (SSSR count). The molecule has 0 bridgehead atoms. The minimum Gasteiger partial charge on any atom is -0.390 e. The molecule has 2 aliphatic carbocycles.